The maximum atomic E-state index is 11.9. The molecule has 0 atom stereocenters. The largest absolute Gasteiger partial charge is 0.480 e. The quantitative estimate of drug-likeness (QED) is 0.790. The normalized spacial score (nSPS) is 9.56. The third-order valence-corrected chi connectivity index (χ3v) is 2.44. The molecule has 0 heterocycles. The van der Waals surface area contributed by atoms with Gasteiger partial charge in [0.1, 0.15) is 6.54 Å². The van der Waals surface area contributed by atoms with Gasteiger partial charge in [0.2, 0.25) is 5.91 Å². The van der Waals surface area contributed by atoms with E-state index in [9.17, 15) is 9.59 Å². The van der Waals surface area contributed by atoms with E-state index in [0.717, 1.165) is 16.0 Å². The number of carboxylic acid groups (broad SMARTS) is 1. The fourth-order valence-corrected chi connectivity index (χ4v) is 1.50. The molecule has 1 amide bonds. The highest BCUT2D eigenvalue weighted by Gasteiger charge is 2.15. The van der Waals surface area contributed by atoms with E-state index in [1.54, 1.807) is 0 Å². The molecule has 0 saturated carbocycles. The average Bonchev–Trinajstić information content (AvgIpc) is 2.31. The van der Waals surface area contributed by atoms with Crippen LogP contribution in [-0.4, -0.2) is 35.0 Å². The van der Waals surface area contributed by atoms with Crippen molar-refractivity contribution >= 4 is 11.9 Å². The maximum Gasteiger partial charge on any atom is 0.323 e. The summed E-state index contributed by atoms with van der Waals surface area (Å²) in [4.78, 5) is 23.7. The van der Waals surface area contributed by atoms with E-state index >= 15 is 0 Å². The Balaban J connectivity index is 2.69. The first-order valence-electron chi connectivity index (χ1n) is 5.51. The Morgan fingerprint density at radius 3 is 2.44 bits per heavy atom. The second kappa shape index (κ2) is 6.45. The van der Waals surface area contributed by atoms with E-state index in [2.05, 4.69) is 5.92 Å². The third kappa shape index (κ3) is 4.30. The van der Waals surface area contributed by atoms with Gasteiger partial charge in [-0.15, -0.1) is 6.42 Å². The molecule has 0 aromatic heterocycles. The Hall–Kier alpha value is -2.28. The molecule has 0 aliphatic heterocycles. The zero-order valence-electron chi connectivity index (χ0n) is 10.2. The molecule has 0 spiro atoms. The summed E-state index contributed by atoms with van der Waals surface area (Å²) in [5.74, 6) is 0.945. The van der Waals surface area contributed by atoms with Crippen molar-refractivity contribution in [2.45, 2.75) is 13.3 Å². The van der Waals surface area contributed by atoms with Crippen LogP contribution in [0.1, 0.15) is 11.1 Å². The molecule has 1 aromatic rings. The molecule has 0 saturated heterocycles. The molecular formula is C14H15NO3. The lowest BCUT2D eigenvalue weighted by molar-refractivity contribution is -0.143. The minimum Gasteiger partial charge on any atom is -0.480 e. The van der Waals surface area contributed by atoms with Crippen LogP contribution in [0.15, 0.2) is 24.3 Å². The lowest BCUT2D eigenvalue weighted by Gasteiger charge is -2.17. The van der Waals surface area contributed by atoms with Crippen molar-refractivity contribution in [3.63, 3.8) is 0 Å². The molecule has 0 radical (unpaired) electrons. The van der Waals surface area contributed by atoms with Crippen molar-refractivity contribution in [3.05, 3.63) is 35.4 Å². The average molecular weight is 245 g/mol. The zero-order chi connectivity index (χ0) is 13.5. The van der Waals surface area contributed by atoms with E-state index in [0.29, 0.717) is 0 Å². The van der Waals surface area contributed by atoms with Crippen LogP contribution in [0, 0.1) is 19.3 Å². The number of terminal acetylenes is 1. The van der Waals surface area contributed by atoms with Crippen LogP contribution >= 0.6 is 0 Å². The van der Waals surface area contributed by atoms with Gasteiger partial charge in [-0.3, -0.25) is 9.59 Å². The van der Waals surface area contributed by atoms with Gasteiger partial charge in [-0.05, 0) is 12.5 Å². The van der Waals surface area contributed by atoms with E-state index in [-0.39, 0.29) is 25.4 Å². The van der Waals surface area contributed by atoms with Crippen molar-refractivity contribution in [1.82, 2.24) is 4.90 Å². The predicted octanol–water partition coefficient (Wildman–Crippen LogP) is 1.08. The Labute approximate surface area is 106 Å². The van der Waals surface area contributed by atoms with Gasteiger partial charge in [0, 0.05) is 0 Å². The Morgan fingerprint density at radius 2 is 1.94 bits per heavy atom. The highest BCUT2D eigenvalue weighted by atomic mass is 16.4. The van der Waals surface area contributed by atoms with Gasteiger partial charge in [-0.2, -0.15) is 0 Å². The van der Waals surface area contributed by atoms with Crippen molar-refractivity contribution in [3.8, 4) is 12.3 Å². The van der Waals surface area contributed by atoms with Crippen LogP contribution in [0.25, 0.3) is 0 Å². The Bertz CT molecular complexity index is 471. The van der Waals surface area contributed by atoms with Crippen molar-refractivity contribution in [1.29, 1.82) is 0 Å². The lowest BCUT2D eigenvalue weighted by atomic mass is 10.1. The van der Waals surface area contributed by atoms with Crippen molar-refractivity contribution < 1.29 is 14.7 Å². The molecule has 0 unspecified atom stereocenters. The zero-order valence-corrected chi connectivity index (χ0v) is 10.2. The fourth-order valence-electron chi connectivity index (χ4n) is 1.50. The second-order valence-electron chi connectivity index (χ2n) is 4.01. The van der Waals surface area contributed by atoms with Crippen molar-refractivity contribution in [2.24, 2.45) is 0 Å². The van der Waals surface area contributed by atoms with Crippen LogP contribution in [0.5, 0.6) is 0 Å². The first-order valence-corrected chi connectivity index (χ1v) is 5.51. The molecule has 0 fully saturated rings. The number of rotatable bonds is 5. The number of hydrogen-bond acceptors (Lipinski definition) is 2. The van der Waals surface area contributed by atoms with Crippen LogP contribution in [0.2, 0.25) is 0 Å². The monoisotopic (exact) mass is 245 g/mol. The summed E-state index contributed by atoms with van der Waals surface area (Å²) in [5, 5.41) is 8.70. The number of carbonyl (C=O) groups is 2. The summed E-state index contributed by atoms with van der Waals surface area (Å²) in [6.45, 7) is 1.60. The molecule has 0 aliphatic rings. The summed E-state index contributed by atoms with van der Waals surface area (Å²) in [6, 6.07) is 7.51. The summed E-state index contributed by atoms with van der Waals surface area (Å²) in [7, 11) is 0. The first-order chi connectivity index (χ1) is 8.52. The fraction of sp³-hybridized carbons (Fsp3) is 0.286. The molecule has 4 heteroatoms. The van der Waals surface area contributed by atoms with E-state index in [1.165, 1.54) is 0 Å². The van der Waals surface area contributed by atoms with Gasteiger partial charge in [0.05, 0.1) is 13.0 Å². The topological polar surface area (TPSA) is 57.6 Å². The predicted molar refractivity (Wildman–Crippen MR) is 67.9 cm³/mol. The number of hydrogen-bond donors (Lipinski definition) is 1. The van der Waals surface area contributed by atoms with Gasteiger partial charge >= 0.3 is 5.97 Å². The highest BCUT2D eigenvalue weighted by molar-refractivity contribution is 5.83. The van der Waals surface area contributed by atoms with Crippen LogP contribution in [-0.2, 0) is 16.0 Å². The minimum atomic E-state index is -1.07. The van der Waals surface area contributed by atoms with Gasteiger partial charge in [-0.1, -0.05) is 35.7 Å². The lowest BCUT2D eigenvalue weighted by Crippen LogP contribution is -2.36. The van der Waals surface area contributed by atoms with Gasteiger partial charge in [-0.25, -0.2) is 0 Å². The molecule has 94 valence electrons. The SMILES string of the molecule is C#CCN(CC(=O)O)C(=O)Cc1ccc(C)cc1. The molecular weight excluding hydrogens is 230 g/mol. The Kier molecular flexibility index (Phi) is 4.94. The van der Waals surface area contributed by atoms with Gasteiger partial charge < -0.3 is 10.0 Å². The van der Waals surface area contributed by atoms with Crippen molar-refractivity contribution in [2.75, 3.05) is 13.1 Å². The minimum absolute atomic E-state index is 0.0109. The molecule has 0 bridgehead atoms. The first kappa shape index (κ1) is 13.8. The summed E-state index contributed by atoms with van der Waals surface area (Å²) in [6.07, 6.45) is 5.28. The summed E-state index contributed by atoms with van der Waals surface area (Å²) < 4.78 is 0. The number of benzene rings is 1. The number of amides is 1. The standard InChI is InChI=1S/C14H15NO3/c1-3-8-15(10-14(17)18)13(16)9-12-6-4-11(2)5-7-12/h1,4-7H,8-10H2,2H3,(H,17,18). The molecule has 1 rings (SSSR count). The van der Waals surface area contributed by atoms with Crippen LogP contribution in [0.3, 0.4) is 0 Å². The van der Waals surface area contributed by atoms with E-state index in [1.807, 2.05) is 31.2 Å². The van der Waals surface area contributed by atoms with E-state index in [4.69, 9.17) is 11.5 Å². The smallest absolute Gasteiger partial charge is 0.323 e. The number of aryl methyl sites for hydroxylation is 1. The number of aliphatic carboxylic acids is 1. The third-order valence-electron chi connectivity index (χ3n) is 2.44. The number of carbonyl (C=O) groups excluding carboxylic acids is 1. The Morgan fingerprint density at radius 1 is 1.33 bits per heavy atom. The number of carboxylic acids is 1. The maximum absolute atomic E-state index is 11.9. The summed E-state index contributed by atoms with van der Waals surface area (Å²) >= 11 is 0. The van der Waals surface area contributed by atoms with E-state index < -0.39 is 5.97 Å². The second-order valence-corrected chi connectivity index (χ2v) is 4.01. The van der Waals surface area contributed by atoms with Gasteiger partial charge in [0.15, 0.2) is 0 Å². The highest BCUT2D eigenvalue weighted by Crippen LogP contribution is 2.06. The molecule has 1 aromatic carbocycles. The van der Waals surface area contributed by atoms with Gasteiger partial charge in [0.25, 0.3) is 0 Å². The molecule has 18 heavy (non-hydrogen) atoms. The molecule has 1 N–H and O–H groups in total. The molecule has 4 nitrogen and oxygen atoms in total. The summed E-state index contributed by atoms with van der Waals surface area (Å²) in [5.41, 5.74) is 1.95. The number of nitrogens with zero attached hydrogens (tertiary/aromatic N) is 1. The molecule has 0 aliphatic carbocycles. The van der Waals surface area contributed by atoms with Crippen LogP contribution < -0.4 is 0 Å². The van der Waals surface area contributed by atoms with Crippen LogP contribution in [0.4, 0.5) is 0 Å².